The van der Waals surface area contributed by atoms with Gasteiger partial charge in [-0.1, -0.05) is 55.4 Å². The van der Waals surface area contributed by atoms with Gasteiger partial charge in [-0.2, -0.15) is 0 Å². The minimum Gasteiger partial charge on any atom is -0.466 e. The molecule has 0 spiro atoms. The molecule has 0 aromatic carbocycles. The summed E-state index contributed by atoms with van der Waals surface area (Å²) < 4.78 is 10.6. The first-order chi connectivity index (χ1) is 12.8. The minimum atomic E-state index is -0.160. The lowest BCUT2D eigenvalue weighted by Crippen LogP contribution is -2.14. The maximum absolute atomic E-state index is 11.8. The Morgan fingerprint density at radius 3 is 1.29 bits per heavy atom. The molecule has 0 aromatic rings. The van der Waals surface area contributed by atoms with Gasteiger partial charge < -0.3 is 9.47 Å². The van der Waals surface area contributed by atoms with Crippen LogP contribution in [0.3, 0.4) is 0 Å². The average Bonchev–Trinajstić information content (AvgIpc) is 2.48. The predicted molar refractivity (Wildman–Crippen MR) is 116 cm³/mol. The first kappa shape index (κ1) is 26.9. The standard InChI is InChI=1S/C24H46O4/c1-19(17-23(3,4)5)13-15-27-21(25)11-9-10-12-22(26)28-16-14-20(2)18-24(6,7)8/h19-20H,9-18H2,1-8H3. The first-order valence-corrected chi connectivity index (χ1v) is 11.1. The quantitative estimate of drug-likeness (QED) is 0.260. The molecule has 0 amide bonds. The van der Waals surface area contributed by atoms with Crippen LogP contribution in [-0.2, 0) is 19.1 Å². The number of carbonyl (C=O) groups excluding carboxylic acids is 2. The van der Waals surface area contributed by atoms with Crippen LogP contribution in [0.25, 0.3) is 0 Å². The molecule has 4 heteroatoms. The minimum absolute atomic E-state index is 0.160. The summed E-state index contributed by atoms with van der Waals surface area (Å²) >= 11 is 0. The van der Waals surface area contributed by atoms with E-state index in [1.54, 1.807) is 0 Å². The van der Waals surface area contributed by atoms with Crippen molar-refractivity contribution in [1.82, 2.24) is 0 Å². The molecule has 0 aliphatic rings. The van der Waals surface area contributed by atoms with Gasteiger partial charge in [-0.15, -0.1) is 0 Å². The van der Waals surface area contributed by atoms with E-state index < -0.39 is 0 Å². The Hall–Kier alpha value is -1.06. The number of ether oxygens (including phenoxy) is 2. The number of esters is 2. The lowest BCUT2D eigenvalue weighted by molar-refractivity contribution is -0.146. The summed E-state index contributed by atoms with van der Waals surface area (Å²) in [5.74, 6) is 0.780. The second kappa shape index (κ2) is 13.2. The lowest BCUT2D eigenvalue weighted by atomic mass is 9.84. The Morgan fingerprint density at radius 2 is 1.00 bits per heavy atom. The summed E-state index contributed by atoms with van der Waals surface area (Å²) in [6, 6.07) is 0. The van der Waals surface area contributed by atoms with E-state index in [-0.39, 0.29) is 11.9 Å². The number of rotatable bonds is 13. The molecule has 166 valence electrons. The summed E-state index contributed by atoms with van der Waals surface area (Å²) in [5, 5.41) is 0. The van der Waals surface area contributed by atoms with Crippen LogP contribution in [0.1, 0.15) is 107 Å². The van der Waals surface area contributed by atoms with Gasteiger partial charge in [0, 0.05) is 12.8 Å². The van der Waals surface area contributed by atoms with Crippen molar-refractivity contribution < 1.29 is 19.1 Å². The van der Waals surface area contributed by atoms with Gasteiger partial charge in [-0.25, -0.2) is 0 Å². The Labute approximate surface area is 174 Å². The van der Waals surface area contributed by atoms with E-state index in [0.717, 1.165) is 25.7 Å². The predicted octanol–water partition coefficient (Wildman–Crippen LogP) is 6.56. The molecule has 2 unspecified atom stereocenters. The summed E-state index contributed by atoms with van der Waals surface area (Å²) in [5.41, 5.74) is 0.616. The Morgan fingerprint density at radius 1 is 0.679 bits per heavy atom. The smallest absolute Gasteiger partial charge is 0.305 e. The second-order valence-electron chi connectivity index (χ2n) is 11.0. The largest absolute Gasteiger partial charge is 0.466 e. The molecule has 0 radical (unpaired) electrons. The van der Waals surface area contributed by atoms with Crippen LogP contribution in [0, 0.1) is 22.7 Å². The Balaban J connectivity index is 3.67. The van der Waals surface area contributed by atoms with E-state index >= 15 is 0 Å². The molecule has 0 aliphatic carbocycles. The van der Waals surface area contributed by atoms with Crippen molar-refractivity contribution in [3.63, 3.8) is 0 Å². The van der Waals surface area contributed by atoms with Gasteiger partial charge in [0.15, 0.2) is 0 Å². The van der Waals surface area contributed by atoms with Gasteiger partial charge in [-0.05, 0) is 61.2 Å². The Kier molecular flexibility index (Phi) is 12.7. The van der Waals surface area contributed by atoms with E-state index in [4.69, 9.17) is 9.47 Å². The average molecular weight is 399 g/mol. The normalized spacial score (nSPS) is 14.4. The summed E-state index contributed by atoms with van der Waals surface area (Å²) in [6.07, 6.45) is 6.17. The van der Waals surface area contributed by atoms with Crippen LogP contribution in [0.15, 0.2) is 0 Å². The highest BCUT2D eigenvalue weighted by atomic mass is 16.5. The zero-order valence-electron chi connectivity index (χ0n) is 19.9. The van der Waals surface area contributed by atoms with Crippen molar-refractivity contribution in [2.75, 3.05) is 13.2 Å². The van der Waals surface area contributed by atoms with Gasteiger partial charge in [0.2, 0.25) is 0 Å². The van der Waals surface area contributed by atoms with Gasteiger partial charge in [0.25, 0.3) is 0 Å². The number of carbonyl (C=O) groups is 2. The molecule has 0 bridgehead atoms. The molecule has 4 nitrogen and oxygen atoms in total. The van der Waals surface area contributed by atoms with Crippen molar-refractivity contribution in [1.29, 1.82) is 0 Å². The lowest BCUT2D eigenvalue weighted by Gasteiger charge is -2.23. The summed E-state index contributed by atoms with van der Waals surface area (Å²) in [7, 11) is 0. The molecule has 0 fully saturated rings. The number of hydrogen-bond acceptors (Lipinski definition) is 4. The van der Waals surface area contributed by atoms with Gasteiger partial charge in [0.1, 0.15) is 0 Å². The second-order valence-corrected chi connectivity index (χ2v) is 11.0. The third-order valence-electron chi connectivity index (χ3n) is 4.68. The van der Waals surface area contributed by atoms with Crippen LogP contribution in [0.2, 0.25) is 0 Å². The highest BCUT2D eigenvalue weighted by molar-refractivity contribution is 5.70. The molecule has 0 heterocycles. The SMILES string of the molecule is CC(CCOC(=O)CCCCC(=O)OCCC(C)CC(C)(C)C)CC(C)(C)C. The van der Waals surface area contributed by atoms with Crippen molar-refractivity contribution in [2.45, 2.75) is 107 Å². The maximum Gasteiger partial charge on any atom is 0.305 e. The molecule has 0 saturated carbocycles. The molecular weight excluding hydrogens is 352 g/mol. The molecule has 0 saturated heterocycles. The zero-order valence-corrected chi connectivity index (χ0v) is 19.9. The van der Waals surface area contributed by atoms with Gasteiger partial charge in [-0.3, -0.25) is 9.59 Å². The highest BCUT2D eigenvalue weighted by Crippen LogP contribution is 2.26. The Bertz CT molecular complexity index is 401. The zero-order chi connectivity index (χ0) is 21.8. The summed E-state index contributed by atoms with van der Waals surface area (Å²) in [4.78, 5) is 23.6. The topological polar surface area (TPSA) is 52.6 Å². The third-order valence-corrected chi connectivity index (χ3v) is 4.68. The van der Waals surface area contributed by atoms with Crippen LogP contribution < -0.4 is 0 Å². The first-order valence-electron chi connectivity index (χ1n) is 11.1. The highest BCUT2D eigenvalue weighted by Gasteiger charge is 2.16. The van der Waals surface area contributed by atoms with E-state index in [2.05, 4.69) is 55.4 Å². The molecule has 0 rings (SSSR count). The van der Waals surface area contributed by atoms with Gasteiger partial charge in [0.05, 0.1) is 13.2 Å². The van der Waals surface area contributed by atoms with Crippen LogP contribution >= 0.6 is 0 Å². The fourth-order valence-corrected chi connectivity index (χ4v) is 3.73. The van der Waals surface area contributed by atoms with Crippen LogP contribution in [-0.4, -0.2) is 25.2 Å². The van der Waals surface area contributed by atoms with Crippen molar-refractivity contribution in [3.05, 3.63) is 0 Å². The van der Waals surface area contributed by atoms with Crippen molar-refractivity contribution >= 4 is 11.9 Å². The van der Waals surface area contributed by atoms with Crippen LogP contribution in [0.5, 0.6) is 0 Å². The molecule has 28 heavy (non-hydrogen) atoms. The molecule has 2 atom stereocenters. The van der Waals surface area contributed by atoms with Crippen LogP contribution in [0.4, 0.5) is 0 Å². The van der Waals surface area contributed by atoms with Gasteiger partial charge >= 0.3 is 11.9 Å². The fourth-order valence-electron chi connectivity index (χ4n) is 3.73. The maximum atomic E-state index is 11.8. The van der Waals surface area contributed by atoms with E-state index in [0.29, 0.717) is 61.6 Å². The number of hydrogen-bond donors (Lipinski definition) is 0. The van der Waals surface area contributed by atoms with E-state index in [1.165, 1.54) is 0 Å². The number of unbranched alkanes of at least 4 members (excludes halogenated alkanes) is 1. The van der Waals surface area contributed by atoms with Crippen molar-refractivity contribution in [3.8, 4) is 0 Å². The van der Waals surface area contributed by atoms with E-state index in [9.17, 15) is 9.59 Å². The molecular formula is C24H46O4. The molecule has 0 aliphatic heterocycles. The monoisotopic (exact) mass is 398 g/mol. The molecule has 0 N–H and O–H groups in total. The fraction of sp³-hybridized carbons (Fsp3) is 0.917. The summed E-state index contributed by atoms with van der Waals surface area (Å²) in [6.45, 7) is 18.8. The van der Waals surface area contributed by atoms with E-state index in [1.807, 2.05) is 0 Å². The molecule has 0 aromatic heterocycles. The van der Waals surface area contributed by atoms with Crippen molar-refractivity contribution in [2.24, 2.45) is 22.7 Å². The third kappa shape index (κ3) is 18.3.